The van der Waals surface area contributed by atoms with E-state index in [4.69, 9.17) is 12.2 Å². The van der Waals surface area contributed by atoms with Gasteiger partial charge in [-0.1, -0.05) is 121 Å². The average Bonchev–Trinajstić information content (AvgIpc) is 3.24. The molecule has 3 unspecified atom stereocenters. The molecule has 0 nitrogen and oxygen atoms in total. The van der Waals surface area contributed by atoms with Crippen molar-refractivity contribution in [3.63, 3.8) is 0 Å². The smallest absolute Gasteiger partial charge is 0.0458 e. The first kappa shape index (κ1) is 24.1. The van der Waals surface area contributed by atoms with E-state index in [1.54, 1.807) is 5.57 Å². The van der Waals surface area contributed by atoms with Gasteiger partial charge in [0, 0.05) is 26.4 Å². The van der Waals surface area contributed by atoms with Crippen LogP contribution < -0.4 is 0 Å². The molecule has 38 heavy (non-hydrogen) atoms. The summed E-state index contributed by atoms with van der Waals surface area (Å²) in [6, 6.07) is 40.7. The van der Waals surface area contributed by atoms with Crippen LogP contribution in [0, 0.1) is 5.41 Å². The standard InChI is InChI=1S/C36H32S2/c37-34-30-22-10-8-14-26(30)20-12-24-36(34)32(27-15-3-1-4-16-27)31-23-11-19-25-13-7-9-21-29(25)33(31)38-35(36)28-17-5-2-6-18-28/h1-10,13-18,21-22,32,35H,11-12,19-20,23-24H2. The Bertz CT molecular complexity index is 1520. The van der Waals surface area contributed by atoms with Gasteiger partial charge in [-0.3, -0.25) is 0 Å². The summed E-state index contributed by atoms with van der Waals surface area (Å²) >= 11 is 8.81. The molecule has 2 aliphatic carbocycles. The minimum atomic E-state index is -0.173. The Morgan fingerprint density at radius 3 is 1.92 bits per heavy atom. The first-order chi connectivity index (χ1) is 18.8. The molecule has 1 heterocycles. The zero-order chi connectivity index (χ0) is 25.5. The van der Waals surface area contributed by atoms with E-state index >= 15 is 0 Å². The highest BCUT2D eigenvalue weighted by Gasteiger charge is 2.55. The Balaban J connectivity index is 1.56. The molecule has 0 aromatic heterocycles. The molecular weight excluding hydrogens is 497 g/mol. The molecule has 4 aromatic carbocycles. The first-order valence-electron chi connectivity index (χ1n) is 14.0. The lowest BCUT2D eigenvalue weighted by Crippen LogP contribution is -2.44. The molecule has 0 saturated carbocycles. The van der Waals surface area contributed by atoms with Gasteiger partial charge in [0.25, 0.3) is 0 Å². The summed E-state index contributed by atoms with van der Waals surface area (Å²) in [6.45, 7) is 0. The molecule has 188 valence electrons. The number of rotatable bonds is 2. The Labute approximate surface area is 236 Å². The maximum atomic E-state index is 6.70. The lowest BCUT2D eigenvalue weighted by molar-refractivity contribution is 0.319. The second-order valence-electron chi connectivity index (χ2n) is 11.0. The van der Waals surface area contributed by atoms with Crippen LogP contribution in [0.5, 0.6) is 0 Å². The normalized spacial score (nSPS) is 24.7. The van der Waals surface area contributed by atoms with Crippen LogP contribution in [0.25, 0.3) is 4.91 Å². The third-order valence-electron chi connectivity index (χ3n) is 8.97. The Morgan fingerprint density at radius 2 is 1.18 bits per heavy atom. The van der Waals surface area contributed by atoms with E-state index in [-0.39, 0.29) is 16.6 Å². The number of benzene rings is 4. The van der Waals surface area contributed by atoms with Crippen molar-refractivity contribution in [2.75, 3.05) is 0 Å². The molecule has 0 amide bonds. The van der Waals surface area contributed by atoms with E-state index in [9.17, 15) is 0 Å². The van der Waals surface area contributed by atoms with Crippen molar-refractivity contribution in [1.82, 2.24) is 0 Å². The highest BCUT2D eigenvalue weighted by molar-refractivity contribution is 8.08. The van der Waals surface area contributed by atoms with Gasteiger partial charge in [-0.2, -0.15) is 0 Å². The van der Waals surface area contributed by atoms with Gasteiger partial charge in [0.05, 0.1) is 0 Å². The molecule has 0 saturated heterocycles. The lowest BCUT2D eigenvalue weighted by atomic mass is 9.59. The van der Waals surface area contributed by atoms with Gasteiger partial charge in [-0.25, -0.2) is 0 Å². The number of hydrogen-bond donors (Lipinski definition) is 0. The van der Waals surface area contributed by atoms with Gasteiger partial charge in [-0.05, 0) is 77.5 Å². The summed E-state index contributed by atoms with van der Waals surface area (Å²) < 4.78 is 0. The van der Waals surface area contributed by atoms with Gasteiger partial charge in [0.15, 0.2) is 0 Å². The predicted molar refractivity (Wildman–Crippen MR) is 166 cm³/mol. The van der Waals surface area contributed by atoms with Gasteiger partial charge in [0.2, 0.25) is 0 Å². The first-order valence-corrected chi connectivity index (χ1v) is 15.3. The quantitative estimate of drug-likeness (QED) is 0.238. The number of thiocarbonyl (C=S) groups is 1. The molecule has 0 radical (unpaired) electrons. The number of allylic oxidation sites excluding steroid dienone is 1. The largest absolute Gasteiger partial charge is 0.116 e. The highest BCUT2D eigenvalue weighted by Crippen LogP contribution is 2.68. The van der Waals surface area contributed by atoms with Crippen molar-refractivity contribution in [2.24, 2.45) is 5.41 Å². The maximum Gasteiger partial charge on any atom is 0.0458 e. The van der Waals surface area contributed by atoms with E-state index in [1.165, 1.54) is 49.6 Å². The van der Waals surface area contributed by atoms with Crippen LogP contribution in [0.3, 0.4) is 0 Å². The number of thioether (sulfide) groups is 1. The number of hydrogen-bond acceptors (Lipinski definition) is 2. The van der Waals surface area contributed by atoms with E-state index in [0.29, 0.717) is 0 Å². The van der Waals surface area contributed by atoms with Crippen molar-refractivity contribution >= 4 is 33.7 Å². The molecule has 3 atom stereocenters. The lowest BCUT2D eigenvalue weighted by Gasteiger charge is -2.52. The fourth-order valence-corrected chi connectivity index (χ4v) is 9.79. The van der Waals surface area contributed by atoms with E-state index in [1.807, 2.05) is 0 Å². The molecule has 0 fully saturated rings. The Kier molecular flexibility index (Phi) is 6.34. The minimum absolute atomic E-state index is 0.173. The molecule has 0 bridgehead atoms. The minimum Gasteiger partial charge on any atom is -0.116 e. The predicted octanol–water partition coefficient (Wildman–Crippen LogP) is 9.75. The molecular formula is C36H32S2. The molecule has 0 N–H and O–H groups in total. The van der Waals surface area contributed by atoms with Crippen LogP contribution in [0.15, 0.2) is 115 Å². The summed E-state index contributed by atoms with van der Waals surface area (Å²) in [5.41, 5.74) is 9.92. The van der Waals surface area contributed by atoms with E-state index in [2.05, 4.69) is 121 Å². The summed E-state index contributed by atoms with van der Waals surface area (Å²) in [5.74, 6) is 0.259. The molecule has 3 aliphatic rings. The zero-order valence-electron chi connectivity index (χ0n) is 21.6. The third-order valence-corrected chi connectivity index (χ3v) is 11.2. The van der Waals surface area contributed by atoms with E-state index < -0.39 is 0 Å². The molecule has 7 rings (SSSR count). The molecule has 1 spiro atoms. The van der Waals surface area contributed by atoms with Gasteiger partial charge < -0.3 is 0 Å². The summed E-state index contributed by atoms with van der Waals surface area (Å²) in [6.07, 6.45) is 6.82. The van der Waals surface area contributed by atoms with Crippen LogP contribution in [-0.2, 0) is 12.8 Å². The fourth-order valence-electron chi connectivity index (χ4n) is 7.37. The number of aryl methyl sites for hydroxylation is 2. The Morgan fingerprint density at radius 1 is 0.605 bits per heavy atom. The molecule has 1 aliphatic heterocycles. The van der Waals surface area contributed by atoms with Gasteiger partial charge >= 0.3 is 0 Å². The average molecular weight is 529 g/mol. The van der Waals surface area contributed by atoms with Gasteiger partial charge in [0.1, 0.15) is 0 Å². The van der Waals surface area contributed by atoms with Crippen LogP contribution in [0.1, 0.15) is 70.2 Å². The van der Waals surface area contributed by atoms with Crippen molar-refractivity contribution in [3.05, 3.63) is 148 Å². The SMILES string of the molecule is S=C1c2ccccc2CCCC12C(c1ccccc1)SC1=C(CCCc3ccccc31)C2c1ccccc1. The van der Waals surface area contributed by atoms with Crippen molar-refractivity contribution in [2.45, 2.75) is 49.7 Å². The zero-order valence-corrected chi connectivity index (χ0v) is 23.2. The van der Waals surface area contributed by atoms with Gasteiger partial charge in [-0.15, -0.1) is 11.8 Å². The highest BCUT2D eigenvalue weighted by atomic mass is 32.2. The van der Waals surface area contributed by atoms with Crippen molar-refractivity contribution < 1.29 is 0 Å². The topological polar surface area (TPSA) is 0 Å². The third kappa shape index (κ3) is 3.84. The van der Waals surface area contributed by atoms with E-state index in [0.717, 1.165) is 32.1 Å². The molecule has 4 aromatic rings. The summed E-state index contributed by atoms with van der Waals surface area (Å²) in [4.78, 5) is 2.68. The van der Waals surface area contributed by atoms with Crippen LogP contribution in [-0.4, -0.2) is 4.86 Å². The summed E-state index contributed by atoms with van der Waals surface area (Å²) in [7, 11) is 0. The second kappa shape index (κ2) is 9.98. The van der Waals surface area contributed by atoms with Crippen molar-refractivity contribution in [1.29, 1.82) is 0 Å². The monoisotopic (exact) mass is 528 g/mol. The Hall–Kier alpha value is -2.94. The molecule has 2 heteroatoms. The second-order valence-corrected chi connectivity index (χ2v) is 12.5. The van der Waals surface area contributed by atoms with Crippen molar-refractivity contribution in [3.8, 4) is 0 Å². The fraction of sp³-hybridized carbons (Fsp3) is 0.250. The van der Waals surface area contributed by atoms with Crippen LogP contribution >= 0.6 is 24.0 Å². The maximum absolute atomic E-state index is 6.70. The van der Waals surface area contributed by atoms with Crippen LogP contribution in [0.4, 0.5) is 0 Å². The summed E-state index contributed by atoms with van der Waals surface area (Å²) in [5, 5.41) is 0.248. The number of fused-ring (bicyclic) bond motifs is 3. The van der Waals surface area contributed by atoms with Crippen LogP contribution in [0.2, 0.25) is 0 Å².